The summed E-state index contributed by atoms with van der Waals surface area (Å²) in [7, 11) is 4.26. The molecule has 2 saturated heterocycles. The number of hydrogen-bond acceptors (Lipinski definition) is 19. The van der Waals surface area contributed by atoms with Gasteiger partial charge < -0.3 is 81.8 Å². The number of aryl methyl sites for hydroxylation is 2. The lowest BCUT2D eigenvalue weighted by Gasteiger charge is -2.32. The van der Waals surface area contributed by atoms with Gasteiger partial charge in [-0.05, 0) is 77.1 Å². The highest BCUT2D eigenvalue weighted by Gasteiger charge is 2.21. The number of carbonyl (C=O) groups excluding carboxylic acids is 3. The fraction of sp³-hybridized carbons (Fsp3) is 0.644. The normalized spacial score (nSPS) is 14.5. The van der Waals surface area contributed by atoms with Crippen LogP contribution >= 0.6 is 0 Å². The minimum atomic E-state index is -0.330. The average Bonchev–Trinajstić information content (AvgIpc) is 3.46. The Morgan fingerprint density at radius 3 is 1.32 bits per heavy atom. The van der Waals surface area contributed by atoms with Crippen molar-refractivity contribution in [3.8, 4) is 17.2 Å². The van der Waals surface area contributed by atoms with Gasteiger partial charge in [-0.1, -0.05) is 59.7 Å². The lowest BCUT2D eigenvalue weighted by Crippen LogP contribution is -2.44. The van der Waals surface area contributed by atoms with E-state index < -0.39 is 0 Å². The number of ether oxygens (including phenoxy) is 12. The molecular weight excluding hydrogens is 1020 g/mol. The summed E-state index contributed by atoms with van der Waals surface area (Å²) in [5.41, 5.74) is 4.59. The smallest absolute Gasteiger partial charge is 0.305 e. The highest BCUT2D eigenvalue weighted by Crippen LogP contribution is 2.39. The number of rotatable bonds is 43. The summed E-state index contributed by atoms with van der Waals surface area (Å²) in [5, 5.41) is 3.04. The molecule has 0 aliphatic carbocycles. The van der Waals surface area contributed by atoms with Gasteiger partial charge in [-0.25, -0.2) is 0 Å². The first-order valence-corrected chi connectivity index (χ1v) is 28.2. The van der Waals surface area contributed by atoms with E-state index >= 15 is 0 Å². The van der Waals surface area contributed by atoms with Crippen molar-refractivity contribution in [2.24, 2.45) is 0 Å². The van der Waals surface area contributed by atoms with Crippen LogP contribution in [0.25, 0.3) is 0 Å². The summed E-state index contributed by atoms with van der Waals surface area (Å²) in [5.74, 6) is 0.0849. The third-order valence-electron chi connectivity index (χ3n) is 12.9. The summed E-state index contributed by atoms with van der Waals surface area (Å²) in [4.78, 5) is 47.7. The van der Waals surface area contributed by atoms with Crippen LogP contribution in [-0.2, 0) is 65.4 Å². The van der Waals surface area contributed by atoms with Crippen molar-refractivity contribution in [2.75, 3.05) is 198 Å². The van der Waals surface area contributed by atoms with Gasteiger partial charge in [0.2, 0.25) is 5.75 Å². The summed E-state index contributed by atoms with van der Waals surface area (Å²) in [6.45, 7) is 19.8. The molecular formula is C59H91N5O15. The minimum absolute atomic E-state index is 0.122. The number of amides is 1. The molecule has 3 aromatic rings. The Kier molecular flexibility index (Phi) is 33.0. The first-order chi connectivity index (χ1) is 38.6. The zero-order valence-electron chi connectivity index (χ0n) is 47.7. The predicted octanol–water partition coefficient (Wildman–Crippen LogP) is 4.83. The molecule has 0 aromatic heterocycles. The van der Waals surface area contributed by atoms with E-state index in [1.54, 1.807) is 12.1 Å². The van der Waals surface area contributed by atoms with E-state index in [4.69, 9.17) is 56.8 Å². The molecule has 5 rings (SSSR count). The standard InChI is InChI=1S/C59H91N5O15/c1-49-42-50(2)44-52(43-49)47-60-59(67)53-45-54(75-37-32-69-26-28-71-34-39-77-56(65)12-8-14-63-20-16-61(3)17-21-63)58(79-41-36-73-25-24-68-30-31-74-48-51-10-6-5-7-11-51)55(46-53)76-38-33-70-27-29-72-35-40-78-57(66)13-9-15-64-22-18-62(4)19-23-64/h5-7,10-11,42-46H,8-9,12-41,47-48H2,1-4H3,(H,60,67). The fourth-order valence-electron chi connectivity index (χ4n) is 8.60. The molecule has 20 heteroatoms. The van der Waals surface area contributed by atoms with Crippen LogP contribution < -0.4 is 19.5 Å². The fourth-order valence-corrected chi connectivity index (χ4v) is 8.60. The highest BCUT2D eigenvalue weighted by molar-refractivity contribution is 5.95. The van der Waals surface area contributed by atoms with Gasteiger partial charge in [0.05, 0.1) is 92.5 Å². The molecule has 0 bridgehead atoms. The minimum Gasteiger partial charge on any atom is -0.487 e. The van der Waals surface area contributed by atoms with Crippen molar-refractivity contribution in [2.45, 2.75) is 52.7 Å². The van der Waals surface area contributed by atoms with E-state index in [0.717, 1.165) is 101 Å². The van der Waals surface area contributed by atoms with Crippen molar-refractivity contribution < 1.29 is 71.2 Å². The van der Waals surface area contributed by atoms with Gasteiger partial charge in [0, 0.05) is 77.3 Å². The summed E-state index contributed by atoms with van der Waals surface area (Å²) >= 11 is 0. The number of esters is 2. The number of nitrogens with zero attached hydrogens (tertiary/aromatic N) is 4. The molecule has 2 aliphatic rings. The Morgan fingerprint density at radius 1 is 0.456 bits per heavy atom. The first kappa shape index (κ1) is 64.8. The maximum absolute atomic E-state index is 13.8. The maximum atomic E-state index is 13.8. The summed E-state index contributed by atoms with van der Waals surface area (Å²) < 4.78 is 69.7. The van der Waals surface area contributed by atoms with E-state index in [1.165, 1.54) is 0 Å². The summed E-state index contributed by atoms with van der Waals surface area (Å²) in [6.07, 6.45) is 2.33. The Morgan fingerprint density at radius 2 is 0.861 bits per heavy atom. The highest BCUT2D eigenvalue weighted by atomic mass is 16.6. The number of piperazine rings is 2. The van der Waals surface area contributed by atoms with Gasteiger partial charge in [0.1, 0.15) is 33.0 Å². The molecule has 3 aromatic carbocycles. The monoisotopic (exact) mass is 1110 g/mol. The Balaban J connectivity index is 1.07. The molecule has 0 spiro atoms. The van der Waals surface area contributed by atoms with Crippen LogP contribution in [0.4, 0.5) is 0 Å². The van der Waals surface area contributed by atoms with E-state index in [9.17, 15) is 14.4 Å². The van der Waals surface area contributed by atoms with E-state index in [1.807, 2.05) is 56.3 Å². The zero-order chi connectivity index (χ0) is 56.0. The topological polar surface area (TPSA) is 187 Å². The Bertz CT molecular complexity index is 2020. The quantitative estimate of drug-likeness (QED) is 0.0600. The van der Waals surface area contributed by atoms with Crippen LogP contribution in [-0.4, -0.2) is 236 Å². The van der Waals surface area contributed by atoms with Crippen LogP contribution in [0.2, 0.25) is 0 Å². The van der Waals surface area contributed by atoms with Gasteiger partial charge >= 0.3 is 11.9 Å². The number of carbonyl (C=O) groups is 3. The number of hydrogen-bond donors (Lipinski definition) is 1. The van der Waals surface area contributed by atoms with Crippen LogP contribution in [0.15, 0.2) is 60.7 Å². The van der Waals surface area contributed by atoms with Crippen molar-refractivity contribution in [1.29, 1.82) is 0 Å². The third kappa shape index (κ3) is 29.4. The van der Waals surface area contributed by atoms with Crippen LogP contribution in [0.5, 0.6) is 17.2 Å². The van der Waals surface area contributed by atoms with Gasteiger partial charge in [0.15, 0.2) is 11.5 Å². The summed E-state index contributed by atoms with van der Waals surface area (Å²) in [6, 6.07) is 19.4. The average molecular weight is 1110 g/mol. The maximum Gasteiger partial charge on any atom is 0.305 e. The molecule has 20 nitrogen and oxygen atoms in total. The second-order valence-electron chi connectivity index (χ2n) is 19.7. The Hall–Kier alpha value is -4.97. The second-order valence-corrected chi connectivity index (χ2v) is 19.7. The molecule has 0 radical (unpaired) electrons. The molecule has 2 heterocycles. The van der Waals surface area contributed by atoms with E-state index in [-0.39, 0.29) is 101 Å². The molecule has 0 saturated carbocycles. The van der Waals surface area contributed by atoms with Crippen LogP contribution in [0.3, 0.4) is 0 Å². The molecule has 0 atom stereocenters. The van der Waals surface area contributed by atoms with Crippen molar-refractivity contribution in [3.63, 3.8) is 0 Å². The van der Waals surface area contributed by atoms with Gasteiger partial charge in [-0.2, -0.15) is 0 Å². The SMILES string of the molecule is Cc1cc(C)cc(CNC(=O)c2cc(OCCOCCOCCOC(=O)CCCN3CCN(C)CC3)c(OCCOCCOCCOCc3ccccc3)c(OCCOCCOCCOC(=O)CCCN3CCN(C)CC3)c2)c1. The van der Waals surface area contributed by atoms with Crippen molar-refractivity contribution >= 4 is 17.8 Å². The largest absolute Gasteiger partial charge is 0.487 e. The van der Waals surface area contributed by atoms with Crippen molar-refractivity contribution in [3.05, 3.63) is 88.5 Å². The number of likely N-dealkylation sites (N-methyl/N-ethyl adjacent to an activating group) is 2. The van der Waals surface area contributed by atoms with Gasteiger partial charge in [-0.3, -0.25) is 14.4 Å². The molecule has 79 heavy (non-hydrogen) atoms. The molecule has 1 amide bonds. The van der Waals surface area contributed by atoms with E-state index in [0.29, 0.717) is 84.4 Å². The number of benzene rings is 3. The van der Waals surface area contributed by atoms with E-state index in [2.05, 4.69) is 45.1 Å². The van der Waals surface area contributed by atoms with Crippen molar-refractivity contribution in [1.82, 2.24) is 24.9 Å². The first-order valence-electron chi connectivity index (χ1n) is 28.2. The van der Waals surface area contributed by atoms with Gasteiger partial charge in [-0.15, -0.1) is 0 Å². The molecule has 442 valence electrons. The van der Waals surface area contributed by atoms with Gasteiger partial charge in [0.25, 0.3) is 5.91 Å². The lowest BCUT2D eigenvalue weighted by molar-refractivity contribution is -0.146. The molecule has 2 fully saturated rings. The molecule has 2 aliphatic heterocycles. The van der Waals surface area contributed by atoms with Crippen LogP contribution in [0, 0.1) is 13.8 Å². The zero-order valence-corrected chi connectivity index (χ0v) is 47.7. The lowest BCUT2D eigenvalue weighted by atomic mass is 10.1. The second kappa shape index (κ2) is 40.2. The Labute approximate surface area is 469 Å². The predicted molar refractivity (Wildman–Crippen MR) is 299 cm³/mol. The third-order valence-corrected chi connectivity index (χ3v) is 12.9. The van der Waals surface area contributed by atoms with Crippen LogP contribution in [0.1, 0.15) is 58.3 Å². The molecule has 0 unspecified atom stereocenters. The number of nitrogens with one attached hydrogen (secondary N) is 1. The molecule has 1 N–H and O–H groups in total.